The molecule has 0 spiro atoms. The van der Waals surface area contributed by atoms with Gasteiger partial charge in [0.25, 0.3) is 0 Å². The van der Waals surface area contributed by atoms with Crippen LogP contribution in [0.3, 0.4) is 0 Å². The second-order valence-corrected chi connectivity index (χ2v) is 6.69. The van der Waals surface area contributed by atoms with Gasteiger partial charge in [-0.1, -0.05) is 0 Å². The van der Waals surface area contributed by atoms with Crippen molar-refractivity contribution in [2.24, 2.45) is 0 Å². The van der Waals surface area contributed by atoms with Gasteiger partial charge in [-0.15, -0.1) is 0 Å². The third kappa shape index (κ3) is 2.93. The summed E-state index contributed by atoms with van der Waals surface area (Å²) in [4.78, 5) is 13.3. The van der Waals surface area contributed by atoms with Gasteiger partial charge in [0.05, 0.1) is 12.7 Å². The molecule has 0 aliphatic carbocycles. The van der Waals surface area contributed by atoms with Gasteiger partial charge in [-0.2, -0.15) is 15.4 Å². The van der Waals surface area contributed by atoms with E-state index in [2.05, 4.69) is 35.2 Å². The van der Waals surface area contributed by atoms with Crippen LogP contribution in [0, 0.1) is 0 Å². The molecule has 0 aromatic carbocycles. The molecule has 2 N–H and O–H groups in total. The number of rotatable bonds is 3. The molecule has 0 bridgehead atoms. The number of piperidine rings is 2. The number of nitrogens with one attached hydrogen (secondary N) is 1. The molecule has 8 nitrogen and oxygen atoms in total. The topological polar surface area (TPSA) is 94.1 Å². The molecule has 0 saturated carbocycles. The first-order valence-corrected chi connectivity index (χ1v) is 8.65. The van der Waals surface area contributed by atoms with E-state index in [1.807, 2.05) is 6.07 Å². The second kappa shape index (κ2) is 6.35. The zero-order valence-corrected chi connectivity index (χ0v) is 13.7. The first-order valence-electron chi connectivity index (χ1n) is 8.65. The van der Waals surface area contributed by atoms with Crippen molar-refractivity contribution in [3.05, 3.63) is 24.3 Å². The maximum Gasteiger partial charge on any atom is 0.134 e. The highest BCUT2D eigenvalue weighted by Gasteiger charge is 2.37. The van der Waals surface area contributed by atoms with Gasteiger partial charge in [0.1, 0.15) is 29.3 Å². The highest BCUT2D eigenvalue weighted by atomic mass is 16.3. The van der Waals surface area contributed by atoms with E-state index >= 15 is 0 Å². The lowest BCUT2D eigenvalue weighted by Gasteiger charge is -2.38. The average molecular weight is 329 g/mol. The summed E-state index contributed by atoms with van der Waals surface area (Å²) in [5, 5.41) is 21.5. The summed E-state index contributed by atoms with van der Waals surface area (Å²) < 4.78 is 0. The maximum absolute atomic E-state index is 11.0. The predicted octanol–water partition coefficient (Wildman–Crippen LogP) is 1.07. The number of aromatic nitrogens is 5. The van der Waals surface area contributed by atoms with Crippen molar-refractivity contribution in [1.29, 1.82) is 0 Å². The summed E-state index contributed by atoms with van der Waals surface area (Å²) in [6.45, 7) is 3.45. The number of aromatic amines is 1. The van der Waals surface area contributed by atoms with E-state index in [4.69, 9.17) is 0 Å². The Kier molecular flexibility index (Phi) is 4.05. The summed E-state index contributed by atoms with van der Waals surface area (Å²) in [5.74, 6) is 1.85. The maximum atomic E-state index is 11.0. The highest BCUT2D eigenvalue weighted by molar-refractivity contribution is 5.51. The van der Waals surface area contributed by atoms with Gasteiger partial charge in [-0.25, -0.2) is 9.97 Å². The molecule has 128 valence electrons. The molecule has 0 radical (unpaired) electrons. The lowest BCUT2D eigenvalue weighted by atomic mass is 9.90. The number of anilines is 2. The molecule has 2 aromatic rings. The van der Waals surface area contributed by atoms with E-state index in [1.54, 1.807) is 12.5 Å². The minimum atomic E-state index is -0.985. The van der Waals surface area contributed by atoms with E-state index in [1.165, 1.54) is 19.3 Å². The number of hydrogen-bond donors (Lipinski definition) is 2. The van der Waals surface area contributed by atoms with Gasteiger partial charge in [0.2, 0.25) is 0 Å². The molecule has 2 aromatic heterocycles. The van der Waals surface area contributed by atoms with Gasteiger partial charge in [-0.05, 0) is 32.1 Å². The largest absolute Gasteiger partial charge is 0.382 e. The summed E-state index contributed by atoms with van der Waals surface area (Å²) in [5.41, 5.74) is -0.390. The molecule has 2 aliphatic heterocycles. The van der Waals surface area contributed by atoms with Gasteiger partial charge < -0.3 is 14.9 Å². The second-order valence-electron chi connectivity index (χ2n) is 6.69. The van der Waals surface area contributed by atoms with Gasteiger partial charge >= 0.3 is 0 Å². The Morgan fingerprint density at radius 2 is 1.75 bits per heavy atom. The Morgan fingerprint density at radius 1 is 1.00 bits per heavy atom. The lowest BCUT2D eigenvalue weighted by molar-refractivity contribution is 0.0175. The molecule has 4 rings (SSSR count). The van der Waals surface area contributed by atoms with Crippen LogP contribution in [0.5, 0.6) is 0 Å². The fourth-order valence-electron chi connectivity index (χ4n) is 3.67. The van der Waals surface area contributed by atoms with E-state index in [0.717, 1.165) is 37.7 Å². The van der Waals surface area contributed by atoms with Crippen LogP contribution in [0.1, 0.15) is 37.8 Å². The molecule has 8 heteroatoms. The highest BCUT2D eigenvalue weighted by Crippen LogP contribution is 2.32. The number of hydrogen-bond acceptors (Lipinski definition) is 7. The predicted molar refractivity (Wildman–Crippen MR) is 89.8 cm³/mol. The Labute approximate surface area is 140 Å². The molecule has 4 heterocycles. The number of β-amino-alcohol motifs (C(OH)–C–C–N with tert-alkyl or cyclic N) is 1. The van der Waals surface area contributed by atoms with Crippen molar-refractivity contribution >= 4 is 11.6 Å². The Morgan fingerprint density at radius 3 is 2.50 bits per heavy atom. The van der Waals surface area contributed by atoms with Crippen LogP contribution >= 0.6 is 0 Å². The molecule has 24 heavy (non-hydrogen) atoms. The summed E-state index contributed by atoms with van der Waals surface area (Å²) in [6, 6.07) is 2.04. The van der Waals surface area contributed by atoms with E-state index in [0.29, 0.717) is 18.7 Å². The SMILES string of the molecule is OC1(c2cn[nH]n2)CCCN(c2cc(N3CCCCC3)ncn2)C1. The van der Waals surface area contributed by atoms with Crippen molar-refractivity contribution < 1.29 is 5.11 Å². The standard InChI is InChI=1S/C16H23N7O/c24-16(13-10-19-21-20-13)5-4-8-23(11-16)15-9-14(17-12-18-15)22-6-2-1-3-7-22/h9-10,12,24H,1-8,11H2,(H,19,20,21). The van der Waals surface area contributed by atoms with Gasteiger partial charge in [0, 0.05) is 25.7 Å². The molecule has 0 amide bonds. The number of nitrogens with zero attached hydrogens (tertiary/aromatic N) is 6. The fraction of sp³-hybridized carbons (Fsp3) is 0.625. The first-order chi connectivity index (χ1) is 11.7. The van der Waals surface area contributed by atoms with Gasteiger partial charge in [0.15, 0.2) is 0 Å². The molecule has 2 aliphatic rings. The molecule has 2 fully saturated rings. The molecular weight excluding hydrogens is 306 g/mol. The summed E-state index contributed by atoms with van der Waals surface area (Å²) in [7, 11) is 0. The van der Waals surface area contributed by atoms with Crippen molar-refractivity contribution in [3.63, 3.8) is 0 Å². The Hall–Kier alpha value is -2.22. The molecular formula is C16H23N7O. The van der Waals surface area contributed by atoms with E-state index < -0.39 is 5.60 Å². The molecule has 1 atom stereocenters. The van der Waals surface area contributed by atoms with Crippen LogP contribution in [-0.2, 0) is 5.60 Å². The van der Waals surface area contributed by atoms with Crippen molar-refractivity contribution in [1.82, 2.24) is 25.4 Å². The molecule has 1 unspecified atom stereocenters. The quantitative estimate of drug-likeness (QED) is 0.870. The van der Waals surface area contributed by atoms with Crippen molar-refractivity contribution in [2.75, 3.05) is 36.0 Å². The third-order valence-corrected chi connectivity index (χ3v) is 5.00. The van der Waals surface area contributed by atoms with E-state index in [-0.39, 0.29) is 0 Å². The van der Waals surface area contributed by atoms with Crippen LogP contribution in [0.4, 0.5) is 11.6 Å². The fourth-order valence-corrected chi connectivity index (χ4v) is 3.67. The zero-order chi connectivity index (χ0) is 16.4. The Bertz CT molecular complexity index is 671. The van der Waals surface area contributed by atoms with Crippen LogP contribution in [0.25, 0.3) is 0 Å². The average Bonchev–Trinajstić information content (AvgIpc) is 3.18. The van der Waals surface area contributed by atoms with Crippen LogP contribution in [0.15, 0.2) is 18.6 Å². The first kappa shape index (κ1) is 15.3. The molecule has 2 saturated heterocycles. The normalized spacial score (nSPS) is 25.0. The van der Waals surface area contributed by atoms with Crippen LogP contribution in [0.2, 0.25) is 0 Å². The summed E-state index contributed by atoms with van der Waals surface area (Å²) >= 11 is 0. The van der Waals surface area contributed by atoms with Crippen LogP contribution < -0.4 is 9.80 Å². The van der Waals surface area contributed by atoms with Crippen LogP contribution in [-0.4, -0.2) is 56.7 Å². The van der Waals surface area contributed by atoms with Gasteiger partial charge in [-0.3, -0.25) is 0 Å². The number of aliphatic hydroxyl groups is 1. The lowest BCUT2D eigenvalue weighted by Crippen LogP contribution is -2.46. The third-order valence-electron chi connectivity index (χ3n) is 5.00. The minimum absolute atomic E-state index is 0.468. The number of H-pyrrole nitrogens is 1. The minimum Gasteiger partial charge on any atom is -0.382 e. The van der Waals surface area contributed by atoms with Crippen molar-refractivity contribution in [3.8, 4) is 0 Å². The Balaban J connectivity index is 1.55. The smallest absolute Gasteiger partial charge is 0.134 e. The monoisotopic (exact) mass is 329 g/mol. The van der Waals surface area contributed by atoms with Crippen molar-refractivity contribution in [2.45, 2.75) is 37.7 Å². The van der Waals surface area contributed by atoms with E-state index in [9.17, 15) is 5.11 Å². The summed E-state index contributed by atoms with van der Waals surface area (Å²) in [6.07, 6.45) is 8.52. The zero-order valence-electron chi connectivity index (χ0n) is 13.7.